The molecule has 3 heteroatoms. The number of aromatic nitrogens is 1. The molecule has 0 N–H and O–H groups in total. The van der Waals surface area contributed by atoms with Gasteiger partial charge in [0, 0.05) is 23.2 Å². The van der Waals surface area contributed by atoms with Crippen molar-refractivity contribution in [2.24, 2.45) is 0 Å². The standard InChI is InChI=1S/C11H9ClFN/c1-2-7-5-14-6-8-3-4-9(13)11(12)10(7)8/h3-6H,2H2,1H3. The summed E-state index contributed by atoms with van der Waals surface area (Å²) in [5.74, 6) is -0.375. The second-order valence-corrected chi connectivity index (χ2v) is 3.49. The summed E-state index contributed by atoms with van der Waals surface area (Å²) in [5, 5.41) is 1.86. The van der Waals surface area contributed by atoms with Gasteiger partial charge in [-0.25, -0.2) is 4.39 Å². The topological polar surface area (TPSA) is 12.9 Å². The molecule has 1 nitrogen and oxygen atoms in total. The average Bonchev–Trinajstić information content (AvgIpc) is 2.23. The van der Waals surface area contributed by atoms with Crippen LogP contribution in [0.5, 0.6) is 0 Å². The summed E-state index contributed by atoms with van der Waals surface area (Å²) in [6.45, 7) is 2.00. The normalized spacial score (nSPS) is 10.8. The summed E-state index contributed by atoms with van der Waals surface area (Å²) in [5.41, 5.74) is 0.979. The maximum atomic E-state index is 13.2. The summed E-state index contributed by atoms with van der Waals surface area (Å²) < 4.78 is 13.2. The highest BCUT2D eigenvalue weighted by Crippen LogP contribution is 2.28. The molecule has 72 valence electrons. The molecule has 0 saturated heterocycles. The molecule has 0 aliphatic heterocycles. The van der Waals surface area contributed by atoms with E-state index in [1.54, 1.807) is 18.5 Å². The van der Waals surface area contributed by atoms with Gasteiger partial charge in [0.05, 0.1) is 5.02 Å². The predicted octanol–water partition coefficient (Wildman–Crippen LogP) is 3.59. The Hall–Kier alpha value is -1.15. The van der Waals surface area contributed by atoms with Gasteiger partial charge < -0.3 is 0 Å². The van der Waals surface area contributed by atoms with Crippen LogP contribution in [0.3, 0.4) is 0 Å². The zero-order valence-corrected chi connectivity index (χ0v) is 8.48. The first-order valence-electron chi connectivity index (χ1n) is 4.44. The van der Waals surface area contributed by atoms with Crippen LogP contribution in [0.25, 0.3) is 10.8 Å². The quantitative estimate of drug-likeness (QED) is 0.700. The van der Waals surface area contributed by atoms with Crippen LogP contribution in [0.15, 0.2) is 24.5 Å². The van der Waals surface area contributed by atoms with Crippen molar-refractivity contribution >= 4 is 22.4 Å². The first-order chi connectivity index (χ1) is 6.74. The molecule has 2 aromatic rings. The number of benzene rings is 1. The predicted molar refractivity (Wildman–Crippen MR) is 56.1 cm³/mol. The van der Waals surface area contributed by atoms with Crippen LogP contribution >= 0.6 is 11.6 Å². The van der Waals surface area contributed by atoms with Crippen molar-refractivity contribution in [2.75, 3.05) is 0 Å². The first kappa shape index (κ1) is 9.41. The molecule has 0 spiro atoms. The van der Waals surface area contributed by atoms with Gasteiger partial charge in [0.25, 0.3) is 0 Å². The van der Waals surface area contributed by atoms with Crippen molar-refractivity contribution in [3.05, 3.63) is 40.9 Å². The molecule has 0 unspecified atom stereocenters. The number of rotatable bonds is 1. The van der Waals surface area contributed by atoms with Crippen molar-refractivity contribution < 1.29 is 4.39 Å². The minimum Gasteiger partial charge on any atom is -0.264 e. The molecule has 2 rings (SSSR count). The van der Waals surface area contributed by atoms with Gasteiger partial charge in [-0.15, -0.1) is 0 Å². The zero-order chi connectivity index (χ0) is 10.1. The molecule has 0 atom stereocenters. The maximum absolute atomic E-state index is 13.2. The molecule has 0 aliphatic rings. The number of nitrogens with zero attached hydrogens (tertiary/aromatic N) is 1. The minimum atomic E-state index is -0.375. The molecule has 0 radical (unpaired) electrons. The summed E-state index contributed by atoms with van der Waals surface area (Å²) in [6.07, 6.45) is 4.22. The van der Waals surface area contributed by atoms with E-state index in [9.17, 15) is 4.39 Å². The Morgan fingerprint density at radius 3 is 2.86 bits per heavy atom. The highest BCUT2D eigenvalue weighted by atomic mass is 35.5. The molecule has 0 saturated carbocycles. The van der Waals surface area contributed by atoms with E-state index in [0.29, 0.717) is 0 Å². The summed E-state index contributed by atoms with van der Waals surface area (Å²) in [6, 6.07) is 3.06. The smallest absolute Gasteiger partial charge is 0.142 e. The van der Waals surface area contributed by atoms with Gasteiger partial charge in [0.2, 0.25) is 0 Å². The molecule has 1 aromatic heterocycles. The third-order valence-electron chi connectivity index (χ3n) is 2.27. The van der Waals surface area contributed by atoms with Crippen molar-refractivity contribution in [1.29, 1.82) is 0 Å². The third kappa shape index (κ3) is 1.36. The van der Waals surface area contributed by atoms with Crippen LogP contribution in [0.4, 0.5) is 4.39 Å². The lowest BCUT2D eigenvalue weighted by atomic mass is 10.1. The lowest BCUT2D eigenvalue weighted by Gasteiger charge is -2.05. The Morgan fingerprint density at radius 1 is 1.36 bits per heavy atom. The Kier molecular flexibility index (Phi) is 2.38. The SMILES string of the molecule is CCc1cncc2ccc(F)c(Cl)c12. The van der Waals surface area contributed by atoms with Crippen LogP contribution in [0.2, 0.25) is 5.02 Å². The first-order valence-corrected chi connectivity index (χ1v) is 4.82. The Morgan fingerprint density at radius 2 is 2.14 bits per heavy atom. The van der Waals surface area contributed by atoms with Crippen LogP contribution in [0, 0.1) is 5.82 Å². The number of pyridine rings is 1. The lowest BCUT2D eigenvalue weighted by molar-refractivity contribution is 0.630. The molecule has 0 fully saturated rings. The highest BCUT2D eigenvalue weighted by molar-refractivity contribution is 6.35. The Bertz CT molecular complexity index is 482. The molecule has 0 aliphatic carbocycles. The van der Waals surface area contributed by atoms with E-state index < -0.39 is 0 Å². The van der Waals surface area contributed by atoms with Gasteiger partial charge in [0.1, 0.15) is 5.82 Å². The van der Waals surface area contributed by atoms with Crippen molar-refractivity contribution in [3.63, 3.8) is 0 Å². The summed E-state index contributed by atoms with van der Waals surface area (Å²) in [4.78, 5) is 4.07. The zero-order valence-electron chi connectivity index (χ0n) is 7.72. The van der Waals surface area contributed by atoms with Crippen molar-refractivity contribution in [1.82, 2.24) is 4.98 Å². The number of halogens is 2. The fraction of sp³-hybridized carbons (Fsp3) is 0.182. The number of fused-ring (bicyclic) bond motifs is 1. The van der Waals surface area contributed by atoms with Crippen molar-refractivity contribution in [3.8, 4) is 0 Å². The van der Waals surface area contributed by atoms with Crippen LogP contribution in [0.1, 0.15) is 12.5 Å². The van der Waals surface area contributed by atoms with Gasteiger partial charge in [-0.1, -0.05) is 18.5 Å². The Balaban J connectivity index is 2.89. The monoisotopic (exact) mass is 209 g/mol. The van der Waals surface area contributed by atoms with Crippen LogP contribution < -0.4 is 0 Å². The molecular weight excluding hydrogens is 201 g/mol. The fourth-order valence-electron chi connectivity index (χ4n) is 1.54. The van der Waals surface area contributed by atoms with E-state index in [1.165, 1.54) is 6.07 Å². The van der Waals surface area contributed by atoms with Crippen LogP contribution in [-0.4, -0.2) is 4.98 Å². The molecule has 1 aromatic carbocycles. The van der Waals surface area contributed by atoms with Gasteiger partial charge in [-0.05, 0) is 24.1 Å². The van der Waals surface area contributed by atoms with Gasteiger partial charge in [-0.2, -0.15) is 0 Å². The second kappa shape index (κ2) is 3.54. The Labute approximate surface area is 86.5 Å². The average molecular weight is 210 g/mol. The fourth-order valence-corrected chi connectivity index (χ4v) is 1.83. The number of aryl methyl sites for hydroxylation is 1. The summed E-state index contributed by atoms with van der Waals surface area (Å²) >= 11 is 5.91. The molecule has 0 bridgehead atoms. The van der Waals surface area contributed by atoms with Gasteiger partial charge >= 0.3 is 0 Å². The molecule has 1 heterocycles. The largest absolute Gasteiger partial charge is 0.264 e. The van der Waals surface area contributed by atoms with E-state index >= 15 is 0 Å². The number of hydrogen-bond acceptors (Lipinski definition) is 1. The van der Waals surface area contributed by atoms with E-state index in [0.717, 1.165) is 22.8 Å². The van der Waals surface area contributed by atoms with E-state index in [1.807, 2.05) is 6.92 Å². The van der Waals surface area contributed by atoms with Crippen molar-refractivity contribution in [2.45, 2.75) is 13.3 Å². The number of hydrogen-bond donors (Lipinski definition) is 0. The molecule has 14 heavy (non-hydrogen) atoms. The van der Waals surface area contributed by atoms with Crippen LogP contribution in [-0.2, 0) is 6.42 Å². The van der Waals surface area contributed by atoms with E-state index in [2.05, 4.69) is 4.98 Å². The van der Waals surface area contributed by atoms with E-state index in [-0.39, 0.29) is 10.8 Å². The summed E-state index contributed by atoms with van der Waals surface area (Å²) in [7, 11) is 0. The highest BCUT2D eigenvalue weighted by Gasteiger charge is 2.08. The van der Waals surface area contributed by atoms with Gasteiger partial charge in [0.15, 0.2) is 0 Å². The maximum Gasteiger partial charge on any atom is 0.142 e. The molecular formula is C11H9ClFN. The second-order valence-electron chi connectivity index (χ2n) is 3.11. The lowest BCUT2D eigenvalue weighted by Crippen LogP contribution is -1.89. The molecule has 0 amide bonds. The van der Waals surface area contributed by atoms with Gasteiger partial charge in [-0.3, -0.25) is 4.98 Å². The minimum absolute atomic E-state index is 0.196. The third-order valence-corrected chi connectivity index (χ3v) is 2.64. The van der Waals surface area contributed by atoms with E-state index in [4.69, 9.17) is 11.6 Å².